The number of allylic oxidation sites excluding steroid dienone is 5. The minimum Gasteiger partial charge on any atom is -0.352 e. The molecule has 0 bridgehead atoms. The quantitative estimate of drug-likeness (QED) is 0.264. The van der Waals surface area contributed by atoms with Crippen molar-refractivity contribution in [3.05, 3.63) is 84.1 Å². The Hall–Kier alpha value is -3.84. The molecular formula is C26H22FN5S. The van der Waals surface area contributed by atoms with Crippen molar-refractivity contribution in [1.29, 1.82) is 0 Å². The number of halogens is 1. The number of thiophene rings is 1. The van der Waals surface area contributed by atoms with Crippen LogP contribution < -0.4 is 0 Å². The zero-order valence-electron chi connectivity index (χ0n) is 18.3. The molecule has 5 nitrogen and oxygen atoms in total. The first-order valence-corrected chi connectivity index (χ1v) is 11.5. The van der Waals surface area contributed by atoms with Crippen molar-refractivity contribution >= 4 is 38.7 Å². The van der Waals surface area contributed by atoms with Crippen LogP contribution in [0.15, 0.2) is 73.2 Å². The standard InChI is InChI=1S/C26H22FN5S/c1-4-15(5-2)9-16(6-3)20-11-18-23(14-29-20)31-32-26(18)21-10-17-19(12-28-13-22(17)30-21)24-7-8-25(27)33-24/h4,6-14,30H,1,5H2,2-3H3,(H,31,32)/b15-9+,16-6+. The van der Waals surface area contributed by atoms with Crippen LogP contribution >= 0.6 is 11.3 Å². The van der Waals surface area contributed by atoms with Crippen molar-refractivity contribution in [3.8, 4) is 21.8 Å². The van der Waals surface area contributed by atoms with E-state index in [4.69, 9.17) is 0 Å². The zero-order chi connectivity index (χ0) is 22.9. The number of rotatable bonds is 6. The molecule has 0 saturated heterocycles. The highest BCUT2D eigenvalue weighted by Crippen LogP contribution is 2.36. The van der Waals surface area contributed by atoms with Gasteiger partial charge >= 0.3 is 0 Å². The summed E-state index contributed by atoms with van der Waals surface area (Å²) in [6.45, 7) is 8.01. The lowest BCUT2D eigenvalue weighted by molar-refractivity contribution is 0.657. The van der Waals surface area contributed by atoms with Gasteiger partial charge in [0.15, 0.2) is 5.13 Å². The fraction of sp³-hybridized carbons (Fsp3) is 0.115. The molecule has 0 atom stereocenters. The van der Waals surface area contributed by atoms with Gasteiger partial charge in [-0.3, -0.25) is 15.1 Å². The van der Waals surface area contributed by atoms with Crippen molar-refractivity contribution in [3.63, 3.8) is 0 Å². The molecule has 0 spiro atoms. The van der Waals surface area contributed by atoms with Crippen LogP contribution in [0.1, 0.15) is 26.0 Å². The maximum absolute atomic E-state index is 13.6. The van der Waals surface area contributed by atoms with E-state index in [1.54, 1.807) is 18.5 Å². The van der Waals surface area contributed by atoms with Gasteiger partial charge in [-0.05, 0) is 54.8 Å². The molecule has 33 heavy (non-hydrogen) atoms. The molecule has 0 radical (unpaired) electrons. The largest absolute Gasteiger partial charge is 0.352 e. The number of hydrogen-bond acceptors (Lipinski definition) is 4. The van der Waals surface area contributed by atoms with Crippen LogP contribution in [-0.2, 0) is 0 Å². The van der Waals surface area contributed by atoms with E-state index in [0.717, 1.165) is 78.2 Å². The molecule has 0 aliphatic carbocycles. The van der Waals surface area contributed by atoms with Crippen LogP contribution in [0, 0.1) is 5.13 Å². The van der Waals surface area contributed by atoms with E-state index in [2.05, 4.69) is 50.8 Å². The Balaban J connectivity index is 1.63. The number of nitrogens with one attached hydrogen (secondary N) is 2. The molecule has 5 heterocycles. The van der Waals surface area contributed by atoms with E-state index >= 15 is 0 Å². The minimum absolute atomic E-state index is 0.215. The molecule has 7 heteroatoms. The first-order valence-electron chi connectivity index (χ1n) is 10.7. The second-order valence-electron chi connectivity index (χ2n) is 7.64. The van der Waals surface area contributed by atoms with Crippen molar-refractivity contribution in [2.24, 2.45) is 0 Å². The molecule has 164 valence electrons. The minimum atomic E-state index is -0.215. The van der Waals surface area contributed by atoms with Gasteiger partial charge in [0.05, 0.1) is 34.8 Å². The van der Waals surface area contributed by atoms with Crippen LogP contribution in [-0.4, -0.2) is 25.1 Å². The Morgan fingerprint density at radius 3 is 2.76 bits per heavy atom. The normalized spacial score (nSPS) is 12.7. The predicted molar refractivity (Wildman–Crippen MR) is 134 cm³/mol. The monoisotopic (exact) mass is 455 g/mol. The van der Waals surface area contributed by atoms with Gasteiger partial charge in [0.2, 0.25) is 0 Å². The number of H-pyrrole nitrogens is 2. The molecule has 5 rings (SSSR count). The molecule has 0 aromatic carbocycles. The van der Waals surface area contributed by atoms with Gasteiger partial charge in [0.25, 0.3) is 0 Å². The third-order valence-corrected chi connectivity index (χ3v) is 6.61. The number of fused-ring (bicyclic) bond motifs is 2. The van der Waals surface area contributed by atoms with Crippen LogP contribution in [0.2, 0.25) is 0 Å². The van der Waals surface area contributed by atoms with Gasteiger partial charge in [-0.25, -0.2) is 0 Å². The van der Waals surface area contributed by atoms with Crippen molar-refractivity contribution in [1.82, 2.24) is 25.1 Å². The first-order chi connectivity index (χ1) is 16.1. The summed E-state index contributed by atoms with van der Waals surface area (Å²) in [6, 6.07) is 7.36. The smallest absolute Gasteiger partial charge is 0.176 e. The third kappa shape index (κ3) is 3.81. The Morgan fingerprint density at radius 1 is 1.15 bits per heavy atom. The fourth-order valence-electron chi connectivity index (χ4n) is 3.92. The number of pyridine rings is 2. The van der Waals surface area contributed by atoms with Crippen LogP contribution in [0.4, 0.5) is 4.39 Å². The van der Waals surface area contributed by atoms with Gasteiger partial charge in [0.1, 0.15) is 5.69 Å². The first kappa shape index (κ1) is 21.0. The Labute approximate surface area is 194 Å². The summed E-state index contributed by atoms with van der Waals surface area (Å²) in [5.41, 5.74) is 7.32. The zero-order valence-corrected chi connectivity index (χ0v) is 19.1. The predicted octanol–water partition coefficient (Wildman–Crippen LogP) is 7.29. The summed E-state index contributed by atoms with van der Waals surface area (Å²) in [5, 5.41) is 9.37. The Bertz CT molecular complexity index is 1550. The molecule has 0 aliphatic rings. The topological polar surface area (TPSA) is 70.2 Å². The van der Waals surface area contributed by atoms with Gasteiger partial charge in [-0.2, -0.15) is 9.49 Å². The van der Waals surface area contributed by atoms with E-state index in [1.807, 2.05) is 31.3 Å². The fourth-order valence-corrected chi connectivity index (χ4v) is 4.68. The summed E-state index contributed by atoms with van der Waals surface area (Å²) in [5.74, 6) is 0. The van der Waals surface area contributed by atoms with Gasteiger partial charge in [-0.15, -0.1) is 11.3 Å². The maximum atomic E-state index is 13.6. The Morgan fingerprint density at radius 2 is 2.03 bits per heavy atom. The molecule has 0 saturated carbocycles. The highest BCUT2D eigenvalue weighted by molar-refractivity contribution is 7.14. The van der Waals surface area contributed by atoms with Crippen molar-refractivity contribution in [2.75, 3.05) is 0 Å². The summed E-state index contributed by atoms with van der Waals surface area (Å²) < 4.78 is 13.6. The van der Waals surface area contributed by atoms with Crippen LogP contribution in [0.5, 0.6) is 0 Å². The van der Waals surface area contributed by atoms with Crippen LogP contribution in [0.3, 0.4) is 0 Å². The second kappa shape index (κ2) is 8.60. The van der Waals surface area contributed by atoms with Crippen LogP contribution in [0.25, 0.3) is 49.2 Å². The van der Waals surface area contributed by atoms with E-state index in [0.29, 0.717) is 0 Å². The summed E-state index contributed by atoms with van der Waals surface area (Å²) >= 11 is 1.11. The van der Waals surface area contributed by atoms with E-state index in [-0.39, 0.29) is 5.13 Å². The van der Waals surface area contributed by atoms with E-state index < -0.39 is 0 Å². The molecule has 5 aromatic rings. The lowest BCUT2D eigenvalue weighted by Crippen LogP contribution is -1.89. The molecular weight excluding hydrogens is 433 g/mol. The summed E-state index contributed by atoms with van der Waals surface area (Å²) in [4.78, 5) is 13.2. The van der Waals surface area contributed by atoms with E-state index in [9.17, 15) is 4.39 Å². The molecule has 5 aromatic heterocycles. The van der Waals surface area contributed by atoms with Gasteiger partial charge < -0.3 is 4.98 Å². The summed E-state index contributed by atoms with van der Waals surface area (Å²) in [6.07, 6.45) is 12.3. The SMILES string of the molecule is C=C/C(=C\C(=C/C)c1cc2c(-c3cc4c(-c5ccc(F)s5)cncc4[nH]3)n[nH]c2cn1)CC. The lowest BCUT2D eigenvalue weighted by Gasteiger charge is -2.04. The number of nitrogens with zero attached hydrogens (tertiary/aromatic N) is 3. The highest BCUT2D eigenvalue weighted by atomic mass is 32.1. The van der Waals surface area contributed by atoms with Gasteiger partial charge in [0, 0.05) is 27.4 Å². The molecule has 0 aliphatic heterocycles. The number of hydrogen-bond donors (Lipinski definition) is 2. The third-order valence-electron chi connectivity index (χ3n) is 5.70. The highest BCUT2D eigenvalue weighted by Gasteiger charge is 2.16. The van der Waals surface area contributed by atoms with Crippen molar-refractivity contribution < 1.29 is 4.39 Å². The second-order valence-corrected chi connectivity index (χ2v) is 8.68. The average molecular weight is 456 g/mol. The number of aromatic amines is 2. The average Bonchev–Trinajstić information content (AvgIpc) is 3.56. The van der Waals surface area contributed by atoms with Crippen molar-refractivity contribution in [2.45, 2.75) is 20.3 Å². The van der Waals surface area contributed by atoms with E-state index in [1.165, 1.54) is 6.07 Å². The maximum Gasteiger partial charge on any atom is 0.176 e. The van der Waals surface area contributed by atoms with Gasteiger partial charge in [-0.1, -0.05) is 25.7 Å². The molecule has 2 N–H and O–H groups in total. The number of aromatic nitrogens is 5. The molecule has 0 fully saturated rings. The lowest BCUT2D eigenvalue weighted by atomic mass is 10.0. The summed E-state index contributed by atoms with van der Waals surface area (Å²) in [7, 11) is 0. The molecule has 0 amide bonds. The molecule has 0 unspecified atom stereocenters. The Kier molecular flexibility index (Phi) is 5.48.